The normalized spacial score (nSPS) is 17.2. The van der Waals surface area contributed by atoms with Gasteiger partial charge in [0.2, 0.25) is 5.91 Å². The maximum absolute atomic E-state index is 13.3. The molecule has 0 fully saturated rings. The molecule has 1 aliphatic heterocycles. The highest BCUT2D eigenvalue weighted by atomic mass is 19.1. The fourth-order valence-electron chi connectivity index (χ4n) is 2.79. The molecule has 0 spiro atoms. The van der Waals surface area contributed by atoms with E-state index in [1.165, 1.54) is 12.1 Å². The van der Waals surface area contributed by atoms with Gasteiger partial charge >= 0.3 is 0 Å². The lowest BCUT2D eigenvalue weighted by molar-refractivity contribution is -0.116. The lowest BCUT2D eigenvalue weighted by Gasteiger charge is -2.21. The number of anilines is 1. The third kappa shape index (κ3) is 2.72. The van der Waals surface area contributed by atoms with Gasteiger partial charge in [0.15, 0.2) is 0 Å². The molecule has 0 unspecified atom stereocenters. The molecule has 1 heterocycles. The van der Waals surface area contributed by atoms with Crippen LogP contribution in [0.3, 0.4) is 0 Å². The van der Waals surface area contributed by atoms with Crippen LogP contribution >= 0.6 is 0 Å². The molecule has 0 bridgehead atoms. The highest BCUT2D eigenvalue weighted by Gasteiger charge is 2.30. The van der Waals surface area contributed by atoms with Crippen LogP contribution in [0.25, 0.3) is 6.08 Å². The fourth-order valence-corrected chi connectivity index (χ4v) is 2.79. The molecule has 0 N–H and O–H groups in total. The van der Waals surface area contributed by atoms with Crippen molar-refractivity contribution in [3.8, 4) is 0 Å². The van der Waals surface area contributed by atoms with Gasteiger partial charge in [-0.05, 0) is 35.7 Å². The molecule has 3 heteroatoms. The van der Waals surface area contributed by atoms with E-state index in [1.54, 1.807) is 17.9 Å². The number of benzene rings is 2. The van der Waals surface area contributed by atoms with Crippen LogP contribution in [0.5, 0.6) is 0 Å². The van der Waals surface area contributed by atoms with Crippen molar-refractivity contribution in [2.24, 2.45) is 0 Å². The largest absolute Gasteiger partial charge is 0.305 e. The topological polar surface area (TPSA) is 20.3 Å². The third-order valence-corrected chi connectivity index (χ3v) is 3.71. The van der Waals surface area contributed by atoms with E-state index in [0.717, 1.165) is 16.8 Å². The summed E-state index contributed by atoms with van der Waals surface area (Å²) in [6, 6.07) is 14.5. The van der Waals surface area contributed by atoms with Gasteiger partial charge in [0.25, 0.3) is 0 Å². The first-order chi connectivity index (χ1) is 10.1. The number of carbonyl (C=O) groups excluding carboxylic acids is 1. The summed E-state index contributed by atoms with van der Waals surface area (Å²) in [5.74, 6) is -0.284. The van der Waals surface area contributed by atoms with Gasteiger partial charge in [-0.25, -0.2) is 4.39 Å². The minimum atomic E-state index is -0.259. The van der Waals surface area contributed by atoms with Gasteiger partial charge in [-0.15, -0.1) is 0 Å². The first kappa shape index (κ1) is 13.6. The summed E-state index contributed by atoms with van der Waals surface area (Å²) in [6.45, 7) is 1.54. The first-order valence-electron chi connectivity index (χ1n) is 6.96. The Hall–Kier alpha value is -2.42. The summed E-state index contributed by atoms with van der Waals surface area (Å²) in [6.07, 6.45) is 4.66. The Kier molecular flexibility index (Phi) is 3.57. The fraction of sp³-hybridized carbons (Fsp3) is 0.167. The molecule has 0 aliphatic carbocycles. The zero-order valence-electron chi connectivity index (χ0n) is 11.8. The van der Waals surface area contributed by atoms with Crippen LogP contribution in [-0.2, 0) is 11.2 Å². The van der Waals surface area contributed by atoms with E-state index >= 15 is 0 Å². The molecule has 2 nitrogen and oxygen atoms in total. The zero-order chi connectivity index (χ0) is 14.8. The van der Waals surface area contributed by atoms with E-state index in [-0.39, 0.29) is 17.8 Å². The molecule has 0 radical (unpaired) electrons. The molecule has 106 valence electrons. The maximum Gasteiger partial charge on any atom is 0.224 e. The number of rotatable bonds is 2. The van der Waals surface area contributed by atoms with Crippen molar-refractivity contribution in [3.63, 3.8) is 0 Å². The van der Waals surface area contributed by atoms with E-state index in [4.69, 9.17) is 0 Å². The summed E-state index contributed by atoms with van der Waals surface area (Å²) in [5.41, 5.74) is 2.78. The van der Waals surface area contributed by atoms with Crippen LogP contribution in [0.1, 0.15) is 18.1 Å². The molecule has 3 rings (SSSR count). The summed E-state index contributed by atoms with van der Waals surface area (Å²) in [7, 11) is 0. The van der Waals surface area contributed by atoms with Gasteiger partial charge in [0.05, 0.1) is 6.04 Å². The summed E-state index contributed by atoms with van der Waals surface area (Å²) < 4.78 is 13.3. The van der Waals surface area contributed by atoms with Crippen LogP contribution in [0.15, 0.2) is 54.6 Å². The molecule has 1 amide bonds. The van der Waals surface area contributed by atoms with Crippen molar-refractivity contribution in [1.29, 1.82) is 0 Å². The Labute approximate surface area is 123 Å². The van der Waals surface area contributed by atoms with Crippen molar-refractivity contribution >= 4 is 17.7 Å². The van der Waals surface area contributed by atoms with Gasteiger partial charge in [0, 0.05) is 12.6 Å². The lowest BCUT2D eigenvalue weighted by atomic mass is 10.1. The van der Waals surface area contributed by atoms with Crippen LogP contribution < -0.4 is 4.90 Å². The maximum atomic E-state index is 13.3. The molecular weight excluding hydrogens is 265 g/mol. The van der Waals surface area contributed by atoms with Crippen molar-refractivity contribution in [1.82, 2.24) is 0 Å². The Bertz CT molecular complexity index is 694. The molecule has 0 saturated heterocycles. The zero-order valence-corrected chi connectivity index (χ0v) is 11.8. The molecule has 2 aromatic carbocycles. The van der Waals surface area contributed by atoms with Gasteiger partial charge in [0.1, 0.15) is 5.82 Å². The van der Waals surface area contributed by atoms with Crippen molar-refractivity contribution in [3.05, 3.63) is 71.6 Å². The molecule has 1 atom stereocenters. The summed E-state index contributed by atoms with van der Waals surface area (Å²) in [4.78, 5) is 13.6. The molecule has 21 heavy (non-hydrogen) atoms. The van der Waals surface area contributed by atoms with E-state index in [2.05, 4.69) is 0 Å². The molecular formula is C18H16FNO. The third-order valence-electron chi connectivity index (χ3n) is 3.71. The highest BCUT2D eigenvalue weighted by molar-refractivity contribution is 5.95. The van der Waals surface area contributed by atoms with Crippen LogP contribution in [0.4, 0.5) is 10.1 Å². The van der Waals surface area contributed by atoms with E-state index in [0.29, 0.717) is 6.42 Å². The second-order valence-electron chi connectivity index (χ2n) is 5.20. The second kappa shape index (κ2) is 5.52. The van der Waals surface area contributed by atoms with Gasteiger partial charge in [-0.1, -0.05) is 42.5 Å². The average molecular weight is 281 g/mol. The SMILES string of the molecule is CC(=O)N1c2ccc(F)cc2C[C@H]1/C=C/c1ccccc1. The van der Waals surface area contributed by atoms with Crippen molar-refractivity contribution < 1.29 is 9.18 Å². The number of carbonyl (C=O) groups is 1. The van der Waals surface area contributed by atoms with Crippen molar-refractivity contribution in [2.45, 2.75) is 19.4 Å². The second-order valence-corrected chi connectivity index (χ2v) is 5.20. The highest BCUT2D eigenvalue weighted by Crippen LogP contribution is 2.33. The monoisotopic (exact) mass is 281 g/mol. The standard InChI is InChI=1S/C18H16FNO/c1-13(21)20-17(9-7-14-5-3-2-4-6-14)12-15-11-16(19)8-10-18(15)20/h2-11,17H,12H2,1H3/b9-7+/t17-/m1/s1. The minimum absolute atomic E-state index is 0.0249. The predicted molar refractivity (Wildman–Crippen MR) is 82.5 cm³/mol. The number of nitrogens with zero attached hydrogens (tertiary/aromatic N) is 1. The quantitative estimate of drug-likeness (QED) is 0.819. The van der Waals surface area contributed by atoms with E-state index in [9.17, 15) is 9.18 Å². The average Bonchev–Trinajstić information content (AvgIpc) is 2.83. The molecule has 2 aromatic rings. The first-order valence-corrected chi connectivity index (χ1v) is 6.96. The van der Waals surface area contributed by atoms with E-state index < -0.39 is 0 Å². The Balaban J connectivity index is 1.90. The number of halogens is 1. The number of hydrogen-bond acceptors (Lipinski definition) is 1. The van der Waals surface area contributed by atoms with Crippen molar-refractivity contribution in [2.75, 3.05) is 4.90 Å². The van der Waals surface area contributed by atoms with Gasteiger partial charge in [-0.3, -0.25) is 4.79 Å². The van der Waals surface area contributed by atoms with Crippen LogP contribution in [0, 0.1) is 5.82 Å². The number of amides is 1. The van der Waals surface area contributed by atoms with Crippen LogP contribution in [0.2, 0.25) is 0 Å². The van der Waals surface area contributed by atoms with E-state index in [1.807, 2.05) is 42.5 Å². The predicted octanol–water partition coefficient (Wildman–Crippen LogP) is 3.82. The van der Waals surface area contributed by atoms with Crippen LogP contribution in [-0.4, -0.2) is 11.9 Å². The molecule has 1 aliphatic rings. The number of fused-ring (bicyclic) bond motifs is 1. The Morgan fingerprint density at radius 3 is 2.71 bits per heavy atom. The smallest absolute Gasteiger partial charge is 0.224 e. The molecule has 0 saturated carbocycles. The Morgan fingerprint density at radius 1 is 1.24 bits per heavy atom. The summed E-state index contributed by atoms with van der Waals surface area (Å²) in [5, 5.41) is 0. The number of hydrogen-bond donors (Lipinski definition) is 0. The van der Waals surface area contributed by atoms with Gasteiger partial charge in [-0.2, -0.15) is 0 Å². The minimum Gasteiger partial charge on any atom is -0.305 e. The summed E-state index contributed by atoms with van der Waals surface area (Å²) >= 11 is 0. The Morgan fingerprint density at radius 2 is 2.00 bits per heavy atom. The van der Waals surface area contributed by atoms with Gasteiger partial charge < -0.3 is 4.90 Å². The lowest BCUT2D eigenvalue weighted by Crippen LogP contribution is -2.34. The molecule has 0 aromatic heterocycles.